The summed E-state index contributed by atoms with van der Waals surface area (Å²) in [6, 6.07) is 23.3. The average molecular weight is 696 g/mol. The fraction of sp³-hybridized carbons (Fsp3) is 0.385. The number of ether oxygens (including phenoxy) is 1. The highest BCUT2D eigenvalue weighted by Gasteiger charge is 2.34. The molecule has 1 N–H and O–H groups in total. The van der Waals surface area contributed by atoms with Crippen molar-refractivity contribution < 1.29 is 22.7 Å². The van der Waals surface area contributed by atoms with Gasteiger partial charge < -0.3 is 14.5 Å². The Morgan fingerprint density at radius 2 is 1.60 bits per heavy atom. The molecule has 1 aromatic heterocycles. The predicted octanol–water partition coefficient (Wildman–Crippen LogP) is 6.61. The molecule has 0 radical (unpaired) electrons. The van der Waals surface area contributed by atoms with E-state index in [9.17, 15) is 18.0 Å². The van der Waals surface area contributed by atoms with Crippen LogP contribution in [0.15, 0.2) is 83.8 Å². The van der Waals surface area contributed by atoms with Gasteiger partial charge in [-0.25, -0.2) is 18.1 Å². The number of nitrogens with zero attached hydrogens (tertiary/aromatic N) is 4. The molecule has 4 bridgehead atoms. The Labute approximate surface area is 295 Å². The van der Waals surface area contributed by atoms with Crippen LogP contribution in [0, 0.1) is 19.3 Å². The molecule has 0 spiro atoms. The lowest BCUT2D eigenvalue weighted by Crippen LogP contribution is -2.51. The molecule has 0 saturated carbocycles. The molecule has 0 unspecified atom stereocenters. The first-order chi connectivity index (χ1) is 23.8. The molecule has 10 nitrogen and oxygen atoms in total. The Kier molecular flexibility index (Phi) is 9.98. The van der Waals surface area contributed by atoms with Crippen molar-refractivity contribution in [1.82, 2.24) is 19.8 Å². The molecule has 50 heavy (non-hydrogen) atoms. The van der Waals surface area contributed by atoms with Crippen LogP contribution < -0.4 is 9.46 Å². The van der Waals surface area contributed by atoms with E-state index in [0.717, 1.165) is 29.5 Å². The predicted molar refractivity (Wildman–Crippen MR) is 194 cm³/mol. The monoisotopic (exact) mass is 695 g/mol. The van der Waals surface area contributed by atoms with Crippen LogP contribution in [-0.4, -0.2) is 72.3 Å². The van der Waals surface area contributed by atoms with E-state index in [2.05, 4.69) is 47.6 Å². The maximum atomic E-state index is 14.4. The van der Waals surface area contributed by atoms with Gasteiger partial charge in [0, 0.05) is 30.3 Å². The van der Waals surface area contributed by atoms with Gasteiger partial charge in [0.2, 0.25) is 17.7 Å². The number of nitrogens with one attached hydrogen (secondary N) is 1. The second kappa shape index (κ2) is 14.2. The fourth-order valence-corrected chi connectivity index (χ4v) is 7.97. The number of carbonyl (C=O) groups is 2. The summed E-state index contributed by atoms with van der Waals surface area (Å²) in [5, 5.41) is 0. The summed E-state index contributed by atoms with van der Waals surface area (Å²) in [5.41, 5.74) is 4.45. The molecule has 2 aliphatic heterocycles. The molecule has 2 amide bonds. The van der Waals surface area contributed by atoms with Crippen molar-refractivity contribution in [1.29, 1.82) is 0 Å². The van der Waals surface area contributed by atoms with Crippen LogP contribution in [0.4, 0.5) is 5.95 Å². The van der Waals surface area contributed by atoms with Crippen molar-refractivity contribution in [3.8, 4) is 17.1 Å². The van der Waals surface area contributed by atoms with Gasteiger partial charge in [-0.3, -0.25) is 9.59 Å². The van der Waals surface area contributed by atoms with E-state index in [1.54, 1.807) is 17.0 Å². The Bertz CT molecular complexity index is 1970. The number of hydrogen-bond donors (Lipinski definition) is 1. The molecule has 1 saturated heterocycles. The summed E-state index contributed by atoms with van der Waals surface area (Å²) in [6.45, 7) is 11.2. The summed E-state index contributed by atoms with van der Waals surface area (Å²) in [5.74, 6) is -0.212. The summed E-state index contributed by atoms with van der Waals surface area (Å²) < 4.78 is 36.2. The zero-order valence-corrected chi connectivity index (χ0v) is 30.2. The normalized spacial score (nSPS) is 18.3. The largest absolute Gasteiger partial charge is 0.475 e. The van der Waals surface area contributed by atoms with Crippen molar-refractivity contribution in [2.75, 3.05) is 31.0 Å². The van der Waals surface area contributed by atoms with Crippen molar-refractivity contribution in [2.45, 2.75) is 70.7 Å². The van der Waals surface area contributed by atoms with Crippen molar-refractivity contribution in [3.63, 3.8) is 0 Å². The van der Waals surface area contributed by atoms with Crippen LogP contribution in [0.5, 0.6) is 5.88 Å². The summed E-state index contributed by atoms with van der Waals surface area (Å²) in [4.78, 5) is 40.8. The highest BCUT2D eigenvalue weighted by atomic mass is 32.2. The first-order valence-corrected chi connectivity index (χ1v) is 18.6. The van der Waals surface area contributed by atoms with Gasteiger partial charge >= 0.3 is 0 Å². The van der Waals surface area contributed by atoms with Gasteiger partial charge in [0.15, 0.2) is 0 Å². The number of fused-ring (bicyclic) bond motifs is 4. The van der Waals surface area contributed by atoms with Crippen molar-refractivity contribution >= 4 is 27.8 Å². The maximum absolute atomic E-state index is 14.4. The number of amides is 2. The van der Waals surface area contributed by atoms with E-state index in [-0.39, 0.29) is 46.8 Å². The van der Waals surface area contributed by atoms with Crippen LogP contribution >= 0.6 is 0 Å². The third-order valence-corrected chi connectivity index (χ3v) is 10.8. The number of hydrogen-bond acceptors (Lipinski definition) is 7. The number of aromatic nitrogens is 2. The molecule has 11 heteroatoms. The fourth-order valence-electron chi connectivity index (χ4n) is 6.98. The second-order valence-corrected chi connectivity index (χ2v) is 16.2. The highest BCUT2D eigenvalue weighted by Crippen LogP contribution is 2.32. The Morgan fingerprint density at radius 1 is 0.920 bits per heavy atom. The number of benzene rings is 3. The highest BCUT2D eigenvalue weighted by molar-refractivity contribution is 7.92. The number of aryl methyl sites for hydroxylation is 2. The number of likely N-dealkylation sites (tertiary alicyclic amines) is 1. The zero-order valence-electron chi connectivity index (χ0n) is 29.3. The Hall–Kier alpha value is -4.77. The standard InChI is InChI=1S/C39H45N5O5S/c1-26-11-9-12-27(2)36(26)33-22-34-41-38(40-33)42-50(47,48)32-16-10-15-30(21-32)37(46)44(31(25-49-34)23-39(3,4)5)24-35(45)43-19-17-29(18-20-43)28-13-7-6-8-14-28/h6-16,21-22,29,31H,17-20,23-25H2,1-5H3,(H,40,41,42)/t31-/m1/s1. The van der Waals surface area contributed by atoms with Crippen LogP contribution in [0.3, 0.4) is 0 Å². The summed E-state index contributed by atoms with van der Waals surface area (Å²) >= 11 is 0. The van der Waals surface area contributed by atoms with Gasteiger partial charge in [-0.15, -0.1) is 0 Å². The van der Waals surface area contributed by atoms with Crippen LogP contribution in [0.1, 0.15) is 73.0 Å². The quantitative estimate of drug-likeness (QED) is 0.250. The SMILES string of the molecule is Cc1cccc(C)c1-c1cc2nc(n1)NS(=O)(=O)c1cccc(c1)C(=O)N(CC(=O)N1CCC(c3ccccc3)CC1)[C@H](CC(C)(C)C)CO2. The molecule has 4 aromatic rings. The smallest absolute Gasteiger partial charge is 0.264 e. The van der Waals surface area contributed by atoms with Gasteiger partial charge in [0.25, 0.3) is 15.9 Å². The summed E-state index contributed by atoms with van der Waals surface area (Å²) in [7, 11) is -4.21. The number of sulfonamides is 1. The summed E-state index contributed by atoms with van der Waals surface area (Å²) in [6.07, 6.45) is 2.19. The molecule has 1 fully saturated rings. The van der Waals surface area contributed by atoms with Crippen LogP contribution in [0.2, 0.25) is 0 Å². The molecular formula is C39H45N5O5S. The van der Waals surface area contributed by atoms with Crippen LogP contribution in [-0.2, 0) is 14.8 Å². The lowest BCUT2D eigenvalue weighted by Gasteiger charge is -2.38. The molecule has 6 rings (SSSR count). The first-order valence-electron chi connectivity index (χ1n) is 17.1. The molecule has 3 heterocycles. The van der Waals surface area contributed by atoms with E-state index in [4.69, 9.17) is 4.74 Å². The van der Waals surface area contributed by atoms with E-state index < -0.39 is 22.0 Å². The molecule has 1 atom stereocenters. The van der Waals surface area contributed by atoms with E-state index in [0.29, 0.717) is 31.1 Å². The van der Waals surface area contributed by atoms with Gasteiger partial charge in [-0.2, -0.15) is 4.98 Å². The molecule has 0 aliphatic carbocycles. The average Bonchev–Trinajstić information content (AvgIpc) is 3.08. The zero-order chi connectivity index (χ0) is 35.6. The number of carbonyl (C=O) groups excluding carboxylic acids is 2. The third kappa shape index (κ3) is 7.99. The molecule has 2 aliphatic rings. The van der Waals surface area contributed by atoms with E-state index in [1.165, 1.54) is 23.8 Å². The van der Waals surface area contributed by atoms with Gasteiger partial charge in [-0.05, 0) is 79.3 Å². The Morgan fingerprint density at radius 3 is 2.28 bits per heavy atom. The minimum absolute atomic E-state index is 0.0292. The van der Waals surface area contributed by atoms with Gasteiger partial charge in [0.05, 0.1) is 16.6 Å². The number of piperidine rings is 1. The van der Waals surface area contributed by atoms with Gasteiger partial charge in [0.1, 0.15) is 13.2 Å². The molecular weight excluding hydrogens is 651 g/mol. The minimum Gasteiger partial charge on any atom is -0.475 e. The third-order valence-electron chi connectivity index (χ3n) is 9.45. The van der Waals surface area contributed by atoms with Crippen molar-refractivity contribution in [2.24, 2.45) is 5.41 Å². The first kappa shape index (κ1) is 35.1. The maximum Gasteiger partial charge on any atom is 0.264 e. The Balaban J connectivity index is 1.37. The van der Waals surface area contributed by atoms with E-state index >= 15 is 0 Å². The number of rotatable bonds is 5. The van der Waals surface area contributed by atoms with Crippen molar-refractivity contribution in [3.05, 3.63) is 101 Å². The lowest BCUT2D eigenvalue weighted by molar-refractivity contribution is -0.133. The van der Waals surface area contributed by atoms with E-state index in [1.807, 2.05) is 55.1 Å². The number of anilines is 1. The molecule has 3 aromatic carbocycles. The van der Waals surface area contributed by atoms with Gasteiger partial charge in [-0.1, -0.05) is 75.4 Å². The molecule has 262 valence electrons. The minimum atomic E-state index is -4.21. The van der Waals surface area contributed by atoms with Crippen LogP contribution in [0.25, 0.3) is 11.3 Å². The second-order valence-electron chi connectivity index (χ2n) is 14.5. The lowest BCUT2D eigenvalue weighted by atomic mass is 9.87. The topological polar surface area (TPSA) is 122 Å².